The van der Waals surface area contributed by atoms with Crippen LogP contribution in [0, 0.1) is 0 Å². The average molecular weight is 262 g/mol. The molecular formula is C14H18N2O3. The molecule has 2 rings (SSSR count). The highest BCUT2D eigenvalue weighted by molar-refractivity contribution is 5.96. The van der Waals surface area contributed by atoms with Crippen molar-refractivity contribution in [3.8, 4) is 0 Å². The summed E-state index contributed by atoms with van der Waals surface area (Å²) >= 11 is 0. The molecule has 5 heteroatoms. The smallest absolute Gasteiger partial charge is 0.304 e. The zero-order valence-corrected chi connectivity index (χ0v) is 10.7. The summed E-state index contributed by atoms with van der Waals surface area (Å²) in [7, 11) is 0. The summed E-state index contributed by atoms with van der Waals surface area (Å²) in [5, 5.41) is 8.95. The molecular weight excluding hydrogens is 244 g/mol. The summed E-state index contributed by atoms with van der Waals surface area (Å²) in [5.41, 5.74) is 7.21. The van der Waals surface area contributed by atoms with E-state index < -0.39 is 5.97 Å². The van der Waals surface area contributed by atoms with Crippen molar-refractivity contribution in [3.05, 3.63) is 29.8 Å². The lowest BCUT2D eigenvalue weighted by Gasteiger charge is -2.17. The molecule has 102 valence electrons. The quantitative estimate of drug-likeness (QED) is 0.838. The number of carboxylic acid groups (broad SMARTS) is 1. The van der Waals surface area contributed by atoms with Gasteiger partial charge in [0.1, 0.15) is 0 Å². The molecule has 1 amide bonds. The molecule has 0 saturated heterocycles. The molecule has 19 heavy (non-hydrogen) atoms. The average Bonchev–Trinajstić information content (AvgIpc) is 2.75. The van der Waals surface area contributed by atoms with Crippen molar-refractivity contribution >= 4 is 17.6 Å². The van der Waals surface area contributed by atoms with Crippen LogP contribution in [0.25, 0.3) is 0 Å². The third kappa shape index (κ3) is 2.93. The first kappa shape index (κ1) is 13.5. The van der Waals surface area contributed by atoms with Gasteiger partial charge in [-0.1, -0.05) is 18.2 Å². The number of carbonyl (C=O) groups excluding carboxylic acids is 1. The standard InChI is InChI=1S/C14H18N2O3/c15-7-3-6-13(17)16-9-10(8-14(18)19)11-4-1-2-5-12(11)16/h1-2,4-5,10H,3,6-9,15H2,(H,18,19). The number of nitrogens with zero attached hydrogens (tertiary/aromatic N) is 1. The Morgan fingerprint density at radius 1 is 1.37 bits per heavy atom. The lowest BCUT2D eigenvalue weighted by Crippen LogP contribution is -2.30. The van der Waals surface area contributed by atoms with Gasteiger partial charge in [0, 0.05) is 24.6 Å². The molecule has 0 fully saturated rings. The first-order valence-electron chi connectivity index (χ1n) is 6.44. The Hall–Kier alpha value is -1.88. The fourth-order valence-corrected chi connectivity index (χ4v) is 2.51. The number of amides is 1. The van der Waals surface area contributed by atoms with Gasteiger partial charge in [-0.2, -0.15) is 0 Å². The SMILES string of the molecule is NCCCC(=O)N1CC(CC(=O)O)c2ccccc21. The molecule has 1 aromatic rings. The summed E-state index contributed by atoms with van der Waals surface area (Å²) in [4.78, 5) is 24.7. The lowest BCUT2D eigenvalue weighted by molar-refractivity contribution is -0.137. The molecule has 3 N–H and O–H groups in total. The normalized spacial score (nSPS) is 17.3. The minimum atomic E-state index is -0.837. The van der Waals surface area contributed by atoms with E-state index in [1.165, 1.54) is 0 Å². The predicted octanol–water partition coefficient (Wildman–Crippen LogP) is 1.33. The predicted molar refractivity (Wildman–Crippen MR) is 72.1 cm³/mol. The number of nitrogens with two attached hydrogens (primary N) is 1. The second-order valence-corrected chi connectivity index (χ2v) is 4.75. The van der Waals surface area contributed by atoms with E-state index in [0.29, 0.717) is 25.9 Å². The van der Waals surface area contributed by atoms with Crippen molar-refractivity contribution in [3.63, 3.8) is 0 Å². The molecule has 0 radical (unpaired) electrons. The van der Waals surface area contributed by atoms with Crippen LogP contribution in [0.2, 0.25) is 0 Å². The fraction of sp³-hybridized carbons (Fsp3) is 0.429. The lowest BCUT2D eigenvalue weighted by atomic mass is 9.98. The molecule has 1 heterocycles. The molecule has 0 bridgehead atoms. The van der Waals surface area contributed by atoms with E-state index in [-0.39, 0.29) is 18.2 Å². The Balaban J connectivity index is 2.20. The maximum atomic E-state index is 12.1. The minimum Gasteiger partial charge on any atom is -0.481 e. The van der Waals surface area contributed by atoms with E-state index in [1.807, 2.05) is 24.3 Å². The number of rotatable bonds is 5. The van der Waals surface area contributed by atoms with E-state index in [1.54, 1.807) is 4.90 Å². The van der Waals surface area contributed by atoms with Gasteiger partial charge < -0.3 is 15.7 Å². The molecule has 1 aliphatic heterocycles. The maximum Gasteiger partial charge on any atom is 0.304 e. The number of aliphatic carboxylic acids is 1. The molecule has 5 nitrogen and oxygen atoms in total. The molecule has 1 unspecified atom stereocenters. The highest BCUT2D eigenvalue weighted by Crippen LogP contribution is 2.38. The van der Waals surface area contributed by atoms with Gasteiger partial charge in [0.2, 0.25) is 5.91 Å². The van der Waals surface area contributed by atoms with E-state index in [9.17, 15) is 9.59 Å². The zero-order chi connectivity index (χ0) is 13.8. The van der Waals surface area contributed by atoms with E-state index in [2.05, 4.69) is 0 Å². The zero-order valence-electron chi connectivity index (χ0n) is 10.7. The van der Waals surface area contributed by atoms with E-state index >= 15 is 0 Å². The van der Waals surface area contributed by atoms with Crippen LogP contribution in [0.1, 0.15) is 30.7 Å². The minimum absolute atomic E-state index is 0.0192. The van der Waals surface area contributed by atoms with E-state index in [4.69, 9.17) is 10.8 Å². The van der Waals surface area contributed by atoms with Gasteiger partial charge in [0.15, 0.2) is 0 Å². The van der Waals surface area contributed by atoms with Gasteiger partial charge in [-0.15, -0.1) is 0 Å². The van der Waals surface area contributed by atoms with Crippen molar-refractivity contribution in [2.45, 2.75) is 25.2 Å². The van der Waals surface area contributed by atoms with E-state index in [0.717, 1.165) is 11.3 Å². The second-order valence-electron chi connectivity index (χ2n) is 4.75. The number of hydrogen-bond acceptors (Lipinski definition) is 3. The number of para-hydroxylation sites is 1. The Labute approximate surface area is 112 Å². The van der Waals surface area contributed by atoms with Crippen LogP contribution in [0.15, 0.2) is 24.3 Å². The van der Waals surface area contributed by atoms with Gasteiger partial charge in [-0.05, 0) is 24.6 Å². The van der Waals surface area contributed by atoms with Crippen LogP contribution in [-0.2, 0) is 9.59 Å². The summed E-state index contributed by atoms with van der Waals surface area (Å²) in [6, 6.07) is 7.52. The maximum absolute atomic E-state index is 12.1. The van der Waals surface area contributed by atoms with Crippen molar-refractivity contribution in [1.29, 1.82) is 0 Å². The number of benzene rings is 1. The summed E-state index contributed by atoms with van der Waals surface area (Å²) in [6.45, 7) is 0.939. The molecule has 0 aliphatic carbocycles. The third-order valence-corrected chi connectivity index (χ3v) is 3.39. The van der Waals surface area contributed by atoms with Crippen LogP contribution in [0.5, 0.6) is 0 Å². The summed E-state index contributed by atoms with van der Waals surface area (Å²) < 4.78 is 0. The highest BCUT2D eigenvalue weighted by atomic mass is 16.4. The van der Waals surface area contributed by atoms with Crippen molar-refractivity contribution in [1.82, 2.24) is 0 Å². The number of hydrogen-bond donors (Lipinski definition) is 2. The molecule has 1 atom stereocenters. The topological polar surface area (TPSA) is 83.6 Å². The van der Waals surface area contributed by atoms with Crippen LogP contribution < -0.4 is 10.6 Å². The van der Waals surface area contributed by atoms with Crippen LogP contribution in [-0.4, -0.2) is 30.1 Å². The van der Waals surface area contributed by atoms with Crippen molar-refractivity contribution in [2.75, 3.05) is 18.0 Å². The van der Waals surface area contributed by atoms with Crippen LogP contribution in [0.4, 0.5) is 5.69 Å². The molecule has 1 aromatic carbocycles. The Morgan fingerprint density at radius 3 is 2.79 bits per heavy atom. The van der Waals surface area contributed by atoms with Crippen molar-refractivity contribution < 1.29 is 14.7 Å². The monoisotopic (exact) mass is 262 g/mol. The highest BCUT2D eigenvalue weighted by Gasteiger charge is 2.32. The second kappa shape index (κ2) is 5.84. The molecule has 0 aromatic heterocycles. The van der Waals surface area contributed by atoms with Crippen LogP contribution in [0.3, 0.4) is 0 Å². The molecule has 1 aliphatic rings. The molecule has 0 spiro atoms. The van der Waals surface area contributed by atoms with Gasteiger partial charge >= 0.3 is 5.97 Å². The van der Waals surface area contributed by atoms with Crippen LogP contribution >= 0.6 is 0 Å². The number of fused-ring (bicyclic) bond motifs is 1. The largest absolute Gasteiger partial charge is 0.481 e. The first-order valence-corrected chi connectivity index (χ1v) is 6.44. The number of carboxylic acids is 1. The summed E-state index contributed by atoms with van der Waals surface area (Å²) in [5.74, 6) is -0.933. The van der Waals surface area contributed by atoms with Gasteiger partial charge in [0.25, 0.3) is 0 Å². The first-order chi connectivity index (χ1) is 9.13. The van der Waals surface area contributed by atoms with Gasteiger partial charge in [-0.25, -0.2) is 0 Å². The number of anilines is 1. The van der Waals surface area contributed by atoms with Gasteiger partial charge in [0.05, 0.1) is 6.42 Å². The third-order valence-electron chi connectivity index (χ3n) is 3.39. The Kier molecular flexibility index (Phi) is 4.16. The Bertz CT molecular complexity index is 487. The summed E-state index contributed by atoms with van der Waals surface area (Å²) in [6.07, 6.45) is 1.11. The molecule has 0 saturated carbocycles. The van der Waals surface area contributed by atoms with Crippen molar-refractivity contribution in [2.24, 2.45) is 5.73 Å². The Morgan fingerprint density at radius 2 is 2.11 bits per heavy atom. The van der Waals surface area contributed by atoms with Gasteiger partial charge in [-0.3, -0.25) is 9.59 Å². The number of carbonyl (C=O) groups is 2. The fourth-order valence-electron chi connectivity index (χ4n) is 2.51.